The average molecular weight is 219 g/mol. The molecular formula is C9H15F2N3O. The maximum atomic E-state index is 12.1. The molecule has 1 rings (SSSR count). The van der Waals surface area contributed by atoms with Crippen molar-refractivity contribution in [2.45, 2.75) is 13.0 Å². The third-order valence-electron chi connectivity index (χ3n) is 2.05. The zero-order chi connectivity index (χ0) is 11.1. The van der Waals surface area contributed by atoms with Gasteiger partial charge in [-0.1, -0.05) is 0 Å². The first-order valence-corrected chi connectivity index (χ1v) is 4.79. The van der Waals surface area contributed by atoms with Gasteiger partial charge in [0.05, 0.1) is 19.5 Å². The van der Waals surface area contributed by atoms with Crippen molar-refractivity contribution in [1.29, 1.82) is 0 Å². The van der Waals surface area contributed by atoms with Gasteiger partial charge in [0.2, 0.25) is 0 Å². The Morgan fingerprint density at radius 1 is 1.40 bits per heavy atom. The van der Waals surface area contributed by atoms with Crippen LogP contribution >= 0.6 is 0 Å². The van der Waals surface area contributed by atoms with Gasteiger partial charge in [-0.15, -0.1) is 0 Å². The molecule has 6 heteroatoms. The van der Waals surface area contributed by atoms with Crippen molar-refractivity contribution in [3.8, 4) is 0 Å². The summed E-state index contributed by atoms with van der Waals surface area (Å²) < 4.78 is 26.1. The first-order valence-electron chi connectivity index (χ1n) is 4.79. The van der Waals surface area contributed by atoms with Gasteiger partial charge >= 0.3 is 0 Å². The quantitative estimate of drug-likeness (QED) is 0.723. The highest BCUT2D eigenvalue weighted by Crippen LogP contribution is 1.99. The molecule has 4 nitrogen and oxygen atoms in total. The van der Waals surface area contributed by atoms with Crippen LogP contribution in [0.4, 0.5) is 8.78 Å². The van der Waals surface area contributed by atoms with E-state index >= 15 is 0 Å². The number of alkyl halides is 2. The van der Waals surface area contributed by atoms with E-state index in [-0.39, 0.29) is 19.7 Å². The number of imidazole rings is 1. The third-order valence-corrected chi connectivity index (χ3v) is 2.05. The molecular weight excluding hydrogens is 204 g/mol. The molecule has 0 fully saturated rings. The summed E-state index contributed by atoms with van der Waals surface area (Å²) in [6.45, 7) is 0.971. The van der Waals surface area contributed by atoms with Crippen LogP contribution in [0, 0.1) is 0 Å². The Balaban J connectivity index is 2.30. The monoisotopic (exact) mass is 219 g/mol. The predicted octanol–water partition coefficient (Wildman–Crippen LogP) is 0.442. The molecule has 0 saturated heterocycles. The highest BCUT2D eigenvalue weighted by atomic mass is 19.3. The van der Waals surface area contributed by atoms with Crippen LogP contribution in [0.25, 0.3) is 0 Å². The number of hydrogen-bond acceptors (Lipinski definition) is 3. The lowest BCUT2D eigenvalue weighted by molar-refractivity contribution is 0.0765. The zero-order valence-electron chi connectivity index (χ0n) is 8.39. The molecule has 0 radical (unpaired) electrons. The van der Waals surface area contributed by atoms with Crippen LogP contribution in [0.1, 0.15) is 0 Å². The fourth-order valence-corrected chi connectivity index (χ4v) is 1.31. The van der Waals surface area contributed by atoms with E-state index in [2.05, 4.69) is 4.98 Å². The van der Waals surface area contributed by atoms with E-state index in [1.807, 2.05) is 4.57 Å². The normalized spacial score (nSPS) is 11.5. The predicted molar refractivity (Wildman–Crippen MR) is 51.8 cm³/mol. The van der Waals surface area contributed by atoms with Gasteiger partial charge in [0.1, 0.15) is 0 Å². The maximum absolute atomic E-state index is 12.1. The number of halogens is 2. The molecule has 1 N–H and O–H groups in total. The van der Waals surface area contributed by atoms with Crippen molar-refractivity contribution in [3.05, 3.63) is 18.7 Å². The summed E-state index contributed by atoms with van der Waals surface area (Å²) in [6.07, 6.45) is 2.70. The van der Waals surface area contributed by atoms with Crippen LogP contribution in [0.5, 0.6) is 0 Å². The fourth-order valence-electron chi connectivity index (χ4n) is 1.31. The summed E-state index contributed by atoms with van der Waals surface area (Å²) in [5.74, 6) is 0. The Labute approximate surface area is 87.1 Å². The first kappa shape index (κ1) is 12.1. The number of rotatable bonds is 7. The Morgan fingerprint density at radius 2 is 2.20 bits per heavy atom. The van der Waals surface area contributed by atoms with Gasteiger partial charge < -0.3 is 9.67 Å². The lowest BCUT2D eigenvalue weighted by Crippen LogP contribution is -2.34. The molecule has 1 heterocycles. The molecule has 1 aromatic rings. The topological polar surface area (TPSA) is 41.3 Å². The molecule has 0 atom stereocenters. The van der Waals surface area contributed by atoms with Crippen molar-refractivity contribution in [2.24, 2.45) is 0 Å². The summed E-state index contributed by atoms with van der Waals surface area (Å²) in [5.41, 5.74) is 0. The summed E-state index contributed by atoms with van der Waals surface area (Å²) in [4.78, 5) is 5.39. The van der Waals surface area contributed by atoms with Crippen molar-refractivity contribution in [1.82, 2.24) is 14.5 Å². The van der Waals surface area contributed by atoms with E-state index in [0.29, 0.717) is 13.1 Å². The smallest absolute Gasteiger partial charge is 0.251 e. The number of aliphatic hydroxyl groups is 1. The van der Waals surface area contributed by atoms with Crippen molar-refractivity contribution < 1.29 is 13.9 Å². The van der Waals surface area contributed by atoms with E-state index in [9.17, 15) is 8.78 Å². The summed E-state index contributed by atoms with van der Waals surface area (Å²) >= 11 is 0. The molecule has 15 heavy (non-hydrogen) atoms. The molecule has 0 bridgehead atoms. The Kier molecular flexibility index (Phi) is 5.20. The van der Waals surface area contributed by atoms with E-state index in [1.54, 1.807) is 18.7 Å². The number of aromatic nitrogens is 2. The van der Waals surface area contributed by atoms with Crippen LogP contribution in [-0.2, 0) is 6.54 Å². The molecule has 0 aliphatic heterocycles. The van der Waals surface area contributed by atoms with Gasteiger partial charge in [0.25, 0.3) is 6.43 Å². The molecule has 86 valence electrons. The number of nitrogens with zero attached hydrogens (tertiary/aromatic N) is 3. The highest BCUT2D eigenvalue weighted by Gasteiger charge is 2.10. The Hall–Kier alpha value is -1.01. The largest absolute Gasteiger partial charge is 0.395 e. The Bertz CT molecular complexity index is 254. The van der Waals surface area contributed by atoms with Crippen molar-refractivity contribution in [2.75, 3.05) is 26.2 Å². The zero-order valence-corrected chi connectivity index (χ0v) is 8.39. The molecule has 0 spiro atoms. The van der Waals surface area contributed by atoms with Crippen molar-refractivity contribution >= 4 is 0 Å². The molecule has 0 aliphatic rings. The van der Waals surface area contributed by atoms with Gasteiger partial charge in [-0.05, 0) is 0 Å². The highest BCUT2D eigenvalue weighted by molar-refractivity contribution is 4.74. The second-order valence-electron chi connectivity index (χ2n) is 3.22. The second kappa shape index (κ2) is 6.47. The average Bonchev–Trinajstić information content (AvgIpc) is 2.66. The first-order chi connectivity index (χ1) is 7.22. The van der Waals surface area contributed by atoms with Gasteiger partial charge in [-0.3, -0.25) is 4.90 Å². The van der Waals surface area contributed by atoms with Gasteiger partial charge in [0, 0.05) is 32.0 Å². The minimum atomic E-state index is -2.36. The van der Waals surface area contributed by atoms with Crippen molar-refractivity contribution in [3.63, 3.8) is 0 Å². The molecule has 0 unspecified atom stereocenters. The minimum Gasteiger partial charge on any atom is -0.395 e. The third kappa shape index (κ3) is 4.85. The minimum absolute atomic E-state index is 0.101. The fraction of sp³-hybridized carbons (Fsp3) is 0.667. The lowest BCUT2D eigenvalue weighted by atomic mass is 10.4. The standard InChI is InChI=1S/C9H15F2N3O/c10-9(11)7-13(5-6-15)3-4-14-2-1-12-8-14/h1-2,8-9,15H,3-7H2. The van der Waals surface area contributed by atoms with Crippen LogP contribution < -0.4 is 0 Å². The second-order valence-corrected chi connectivity index (χ2v) is 3.22. The molecule has 0 amide bonds. The summed E-state index contributed by atoms with van der Waals surface area (Å²) in [7, 11) is 0. The van der Waals surface area contributed by atoms with Gasteiger partial charge in [-0.25, -0.2) is 13.8 Å². The van der Waals surface area contributed by atoms with Crippen LogP contribution in [-0.4, -0.2) is 52.2 Å². The van der Waals surface area contributed by atoms with Gasteiger partial charge in [-0.2, -0.15) is 0 Å². The van der Waals surface area contributed by atoms with E-state index < -0.39 is 6.43 Å². The molecule has 0 aliphatic carbocycles. The lowest BCUT2D eigenvalue weighted by Gasteiger charge is -2.20. The Morgan fingerprint density at radius 3 is 2.73 bits per heavy atom. The van der Waals surface area contributed by atoms with E-state index in [0.717, 1.165) is 0 Å². The summed E-state index contributed by atoms with van der Waals surface area (Å²) in [6, 6.07) is 0. The maximum Gasteiger partial charge on any atom is 0.251 e. The number of hydrogen-bond donors (Lipinski definition) is 1. The van der Waals surface area contributed by atoms with E-state index in [4.69, 9.17) is 5.11 Å². The molecule has 1 aromatic heterocycles. The SMILES string of the molecule is OCCN(CCn1ccnc1)CC(F)F. The summed E-state index contributed by atoms with van der Waals surface area (Å²) in [5, 5.41) is 8.70. The molecule has 0 saturated carbocycles. The van der Waals surface area contributed by atoms with E-state index in [1.165, 1.54) is 4.90 Å². The number of aliphatic hydroxyl groups excluding tert-OH is 1. The molecule has 0 aromatic carbocycles. The van der Waals surface area contributed by atoms with Gasteiger partial charge in [0.15, 0.2) is 0 Å². The van der Waals surface area contributed by atoms with Crippen LogP contribution in [0.3, 0.4) is 0 Å². The van der Waals surface area contributed by atoms with Crippen LogP contribution in [0.15, 0.2) is 18.7 Å². The van der Waals surface area contributed by atoms with Crippen LogP contribution in [0.2, 0.25) is 0 Å².